The second-order valence-corrected chi connectivity index (χ2v) is 6.55. The number of anilines is 1. The number of pyridine rings is 1. The van der Waals surface area contributed by atoms with Crippen molar-refractivity contribution in [3.63, 3.8) is 0 Å². The largest absolute Gasteiger partial charge is 0.356 e. The number of hydrogen-bond donors (Lipinski definition) is 0. The van der Waals surface area contributed by atoms with E-state index in [1.54, 1.807) is 18.7 Å². The molecular weight excluding hydrogens is 336 g/mol. The summed E-state index contributed by atoms with van der Waals surface area (Å²) in [6.45, 7) is 2.19. The van der Waals surface area contributed by atoms with Crippen LogP contribution < -0.4 is 4.90 Å². The van der Waals surface area contributed by atoms with E-state index in [0.717, 1.165) is 40.9 Å². The fourth-order valence-corrected chi connectivity index (χ4v) is 3.29. The predicted octanol–water partition coefficient (Wildman–Crippen LogP) is 3.71. The Balaban J connectivity index is 0.000000257. The molecule has 5 rings (SSSR count). The van der Waals surface area contributed by atoms with Gasteiger partial charge in [-0.2, -0.15) is 5.10 Å². The van der Waals surface area contributed by atoms with E-state index in [2.05, 4.69) is 43.1 Å². The lowest BCUT2D eigenvalue weighted by Gasteiger charge is -2.18. The van der Waals surface area contributed by atoms with Crippen LogP contribution in [-0.4, -0.2) is 37.8 Å². The van der Waals surface area contributed by atoms with Gasteiger partial charge in [-0.05, 0) is 42.7 Å². The first-order valence-electron chi connectivity index (χ1n) is 9.15. The maximum Gasteiger partial charge on any atom is 0.139 e. The summed E-state index contributed by atoms with van der Waals surface area (Å²) in [6, 6.07) is 12.1. The van der Waals surface area contributed by atoms with E-state index in [1.165, 1.54) is 12.8 Å². The summed E-state index contributed by atoms with van der Waals surface area (Å²) in [6.07, 6.45) is 11.6. The number of aromatic nitrogens is 5. The molecule has 6 heteroatoms. The smallest absolute Gasteiger partial charge is 0.139 e. The molecule has 0 aliphatic carbocycles. The van der Waals surface area contributed by atoms with Gasteiger partial charge in [0.15, 0.2) is 0 Å². The minimum atomic E-state index is 0.994. The van der Waals surface area contributed by atoms with Gasteiger partial charge >= 0.3 is 0 Å². The Hall–Kier alpha value is -3.28. The zero-order valence-electron chi connectivity index (χ0n) is 15.4. The van der Waals surface area contributed by atoms with Crippen molar-refractivity contribution in [2.24, 2.45) is 7.05 Å². The first-order valence-corrected chi connectivity index (χ1v) is 9.15. The van der Waals surface area contributed by atoms with Crippen molar-refractivity contribution < 1.29 is 0 Å². The van der Waals surface area contributed by atoms with Gasteiger partial charge in [-0.1, -0.05) is 12.1 Å². The van der Waals surface area contributed by atoms with Crippen molar-refractivity contribution in [1.82, 2.24) is 24.7 Å². The Labute approximate surface area is 158 Å². The molecule has 1 fully saturated rings. The van der Waals surface area contributed by atoms with Crippen LogP contribution in [0.15, 0.2) is 67.5 Å². The van der Waals surface area contributed by atoms with E-state index in [-0.39, 0.29) is 0 Å². The van der Waals surface area contributed by atoms with Gasteiger partial charge < -0.3 is 4.90 Å². The number of rotatable bonds is 2. The van der Waals surface area contributed by atoms with Crippen LogP contribution in [0.2, 0.25) is 0 Å². The molecule has 0 spiro atoms. The monoisotopic (exact) mass is 358 g/mol. The fourth-order valence-electron chi connectivity index (χ4n) is 3.29. The maximum absolute atomic E-state index is 4.49. The highest BCUT2D eigenvalue weighted by Crippen LogP contribution is 2.29. The SMILES string of the molecule is Cn1cc(-c2ccc3c(N4CCCC4)ncnc3c2)cn1.c1ccncc1. The molecule has 0 bridgehead atoms. The van der Waals surface area contributed by atoms with Crippen LogP contribution in [0.1, 0.15) is 12.8 Å². The zero-order valence-corrected chi connectivity index (χ0v) is 15.4. The Kier molecular flexibility index (Phi) is 5.05. The minimum absolute atomic E-state index is 0.994. The Morgan fingerprint density at radius 1 is 0.926 bits per heavy atom. The second kappa shape index (κ2) is 7.95. The second-order valence-electron chi connectivity index (χ2n) is 6.55. The summed E-state index contributed by atoms with van der Waals surface area (Å²) in [4.78, 5) is 15.1. The van der Waals surface area contributed by atoms with E-state index < -0.39 is 0 Å². The molecule has 0 atom stereocenters. The maximum atomic E-state index is 4.49. The lowest BCUT2D eigenvalue weighted by Crippen LogP contribution is -2.19. The predicted molar refractivity (Wildman–Crippen MR) is 107 cm³/mol. The highest BCUT2D eigenvalue weighted by Gasteiger charge is 2.16. The number of fused-ring (bicyclic) bond motifs is 1. The summed E-state index contributed by atoms with van der Waals surface area (Å²) in [5.41, 5.74) is 3.25. The van der Waals surface area contributed by atoms with E-state index in [1.807, 2.05) is 42.3 Å². The van der Waals surface area contributed by atoms with Gasteiger partial charge in [0.25, 0.3) is 0 Å². The third kappa shape index (κ3) is 3.95. The van der Waals surface area contributed by atoms with Crippen LogP contribution in [0.4, 0.5) is 5.82 Å². The van der Waals surface area contributed by atoms with E-state index >= 15 is 0 Å². The van der Waals surface area contributed by atoms with Gasteiger partial charge in [0.1, 0.15) is 12.1 Å². The van der Waals surface area contributed by atoms with Crippen molar-refractivity contribution in [3.8, 4) is 11.1 Å². The molecule has 1 aliphatic heterocycles. The average molecular weight is 358 g/mol. The summed E-state index contributed by atoms with van der Waals surface area (Å²) in [5, 5.41) is 5.36. The molecule has 0 saturated carbocycles. The molecule has 27 heavy (non-hydrogen) atoms. The summed E-state index contributed by atoms with van der Waals surface area (Å²) < 4.78 is 1.81. The minimum Gasteiger partial charge on any atom is -0.356 e. The molecule has 4 aromatic rings. The third-order valence-corrected chi connectivity index (χ3v) is 4.63. The Morgan fingerprint density at radius 3 is 2.37 bits per heavy atom. The fraction of sp³-hybridized carbons (Fsp3) is 0.238. The van der Waals surface area contributed by atoms with Gasteiger partial charge in [-0.15, -0.1) is 0 Å². The molecule has 0 radical (unpaired) electrons. The van der Waals surface area contributed by atoms with Crippen LogP contribution in [0, 0.1) is 0 Å². The first kappa shape index (κ1) is 17.1. The van der Waals surface area contributed by atoms with E-state index in [0.29, 0.717) is 0 Å². The summed E-state index contributed by atoms with van der Waals surface area (Å²) in [5.74, 6) is 1.07. The molecule has 3 aromatic heterocycles. The molecule has 1 aromatic carbocycles. The van der Waals surface area contributed by atoms with Crippen molar-refractivity contribution in [3.05, 3.63) is 67.5 Å². The molecular formula is C21H22N6. The highest BCUT2D eigenvalue weighted by molar-refractivity contribution is 5.92. The Morgan fingerprint density at radius 2 is 1.74 bits per heavy atom. The Bertz CT molecular complexity index is 979. The number of aryl methyl sites for hydroxylation is 1. The highest BCUT2D eigenvalue weighted by atomic mass is 15.2. The van der Waals surface area contributed by atoms with Crippen LogP contribution in [0.5, 0.6) is 0 Å². The van der Waals surface area contributed by atoms with Crippen LogP contribution in [0.3, 0.4) is 0 Å². The standard InChI is InChI=1S/C16H17N5.C5H5N/c1-20-10-13(9-19-20)12-4-5-14-15(8-12)17-11-18-16(14)21-6-2-3-7-21;1-2-4-6-5-3-1/h4-5,8-11H,2-3,6-7H2,1H3;1-5H. The quantitative estimate of drug-likeness (QED) is 0.547. The summed E-state index contributed by atoms with van der Waals surface area (Å²) in [7, 11) is 1.93. The van der Waals surface area contributed by atoms with Crippen LogP contribution in [-0.2, 0) is 7.05 Å². The molecule has 0 unspecified atom stereocenters. The lowest BCUT2D eigenvalue weighted by atomic mass is 10.1. The van der Waals surface area contributed by atoms with Crippen molar-refractivity contribution in [1.29, 1.82) is 0 Å². The molecule has 0 amide bonds. The average Bonchev–Trinajstić information content (AvgIpc) is 3.41. The van der Waals surface area contributed by atoms with Gasteiger partial charge in [-0.25, -0.2) is 9.97 Å². The van der Waals surface area contributed by atoms with Crippen LogP contribution in [0.25, 0.3) is 22.0 Å². The number of hydrogen-bond acceptors (Lipinski definition) is 5. The normalized spacial score (nSPS) is 13.4. The molecule has 4 heterocycles. The van der Waals surface area contributed by atoms with Gasteiger partial charge in [-0.3, -0.25) is 9.67 Å². The van der Waals surface area contributed by atoms with Gasteiger partial charge in [0.05, 0.1) is 11.7 Å². The molecule has 6 nitrogen and oxygen atoms in total. The van der Waals surface area contributed by atoms with Crippen LogP contribution >= 0.6 is 0 Å². The first-order chi connectivity index (χ1) is 13.3. The molecule has 1 saturated heterocycles. The number of nitrogens with zero attached hydrogens (tertiary/aromatic N) is 6. The van der Waals surface area contributed by atoms with Crippen molar-refractivity contribution >= 4 is 16.7 Å². The lowest BCUT2D eigenvalue weighted by molar-refractivity contribution is 0.768. The van der Waals surface area contributed by atoms with Gasteiger partial charge in [0, 0.05) is 49.7 Å². The number of benzene rings is 1. The third-order valence-electron chi connectivity index (χ3n) is 4.63. The van der Waals surface area contributed by atoms with E-state index in [9.17, 15) is 0 Å². The van der Waals surface area contributed by atoms with Crippen molar-refractivity contribution in [2.45, 2.75) is 12.8 Å². The van der Waals surface area contributed by atoms with Gasteiger partial charge in [0.2, 0.25) is 0 Å². The molecule has 0 N–H and O–H groups in total. The van der Waals surface area contributed by atoms with Crippen molar-refractivity contribution in [2.75, 3.05) is 18.0 Å². The topological polar surface area (TPSA) is 59.7 Å². The molecule has 136 valence electrons. The van der Waals surface area contributed by atoms with E-state index in [4.69, 9.17) is 0 Å². The zero-order chi connectivity index (χ0) is 18.5. The summed E-state index contributed by atoms with van der Waals surface area (Å²) >= 11 is 0. The molecule has 1 aliphatic rings.